The van der Waals surface area contributed by atoms with E-state index in [1.807, 2.05) is 24.5 Å². The van der Waals surface area contributed by atoms with Gasteiger partial charge in [0.2, 0.25) is 5.95 Å². The highest BCUT2D eigenvalue weighted by molar-refractivity contribution is 9.10. The summed E-state index contributed by atoms with van der Waals surface area (Å²) in [5, 5.41) is 8.80. The van der Waals surface area contributed by atoms with Crippen molar-refractivity contribution in [3.63, 3.8) is 0 Å². The minimum atomic E-state index is -1.00. The molecule has 1 heterocycles. The van der Waals surface area contributed by atoms with Gasteiger partial charge < -0.3 is 14.7 Å². The van der Waals surface area contributed by atoms with E-state index in [1.54, 1.807) is 6.07 Å². The van der Waals surface area contributed by atoms with Crippen molar-refractivity contribution in [2.24, 2.45) is 0 Å². The summed E-state index contributed by atoms with van der Waals surface area (Å²) in [4.78, 5) is 22.1. The van der Waals surface area contributed by atoms with Crippen molar-refractivity contribution in [3.05, 3.63) is 81.6 Å². The van der Waals surface area contributed by atoms with Crippen molar-refractivity contribution in [2.75, 3.05) is 18.1 Å². The van der Waals surface area contributed by atoms with Crippen LogP contribution in [0.2, 0.25) is 0 Å². The number of aliphatic carboxylic acids is 1. The van der Waals surface area contributed by atoms with Gasteiger partial charge in [0.25, 0.3) is 0 Å². The molecule has 0 bridgehead atoms. The number of aromatic nitrogens is 2. The first kappa shape index (κ1) is 23.7. The fourth-order valence-corrected chi connectivity index (χ4v) is 3.81. The summed E-state index contributed by atoms with van der Waals surface area (Å²) in [7, 11) is 0. The molecule has 32 heavy (non-hydrogen) atoms. The van der Waals surface area contributed by atoms with Crippen LogP contribution in [0.5, 0.6) is 5.75 Å². The van der Waals surface area contributed by atoms with Crippen molar-refractivity contribution in [1.82, 2.24) is 9.97 Å². The fraction of sp³-hybridized carbons (Fsp3) is 0.320. The molecule has 2 aromatic carbocycles. The Morgan fingerprint density at radius 2 is 1.59 bits per heavy atom. The second kappa shape index (κ2) is 11.6. The number of benzene rings is 2. The van der Waals surface area contributed by atoms with Gasteiger partial charge in [0, 0.05) is 25.5 Å². The van der Waals surface area contributed by atoms with Gasteiger partial charge in [0.1, 0.15) is 5.75 Å². The van der Waals surface area contributed by atoms with Gasteiger partial charge in [-0.3, -0.25) is 0 Å². The monoisotopic (exact) mass is 497 g/mol. The lowest BCUT2D eigenvalue weighted by atomic mass is 10.1. The number of hydrogen-bond donors (Lipinski definition) is 1. The van der Waals surface area contributed by atoms with Crippen LogP contribution >= 0.6 is 15.9 Å². The zero-order valence-electron chi connectivity index (χ0n) is 18.4. The van der Waals surface area contributed by atoms with Crippen LogP contribution in [0.25, 0.3) is 0 Å². The zero-order valence-corrected chi connectivity index (χ0v) is 20.0. The third-order valence-corrected chi connectivity index (χ3v) is 5.82. The number of hydrogen-bond acceptors (Lipinski definition) is 5. The molecule has 6 nitrogen and oxygen atoms in total. The Bertz CT molecular complexity index is 1020. The highest BCUT2D eigenvalue weighted by Gasteiger charge is 2.12. The van der Waals surface area contributed by atoms with Crippen molar-refractivity contribution in [3.8, 4) is 5.75 Å². The van der Waals surface area contributed by atoms with Crippen LogP contribution in [-0.2, 0) is 30.6 Å². The molecule has 0 aliphatic carbocycles. The van der Waals surface area contributed by atoms with Crippen LogP contribution in [-0.4, -0.2) is 34.2 Å². The standard InChI is InChI=1S/C25H28BrN3O3/c1-3-18-5-7-21(8-6-18)16-29(25-27-14-19(4-2)15-28-25)12-11-20-9-10-23(22(26)13-20)32-17-24(30)31/h5-10,13-15H,3-4,11-12,16-17H2,1-2H3,(H,30,31). The molecule has 0 saturated carbocycles. The molecule has 0 amide bonds. The van der Waals surface area contributed by atoms with Crippen molar-refractivity contribution < 1.29 is 14.6 Å². The van der Waals surface area contributed by atoms with E-state index in [4.69, 9.17) is 9.84 Å². The quantitative estimate of drug-likeness (QED) is 0.398. The lowest BCUT2D eigenvalue weighted by molar-refractivity contribution is -0.139. The van der Waals surface area contributed by atoms with Gasteiger partial charge >= 0.3 is 5.97 Å². The first-order valence-electron chi connectivity index (χ1n) is 10.7. The Balaban J connectivity index is 1.74. The Hall–Kier alpha value is -2.93. The summed E-state index contributed by atoms with van der Waals surface area (Å²) in [6.45, 7) is 5.33. The molecule has 0 atom stereocenters. The minimum absolute atomic E-state index is 0.367. The average Bonchev–Trinajstić information content (AvgIpc) is 2.81. The second-order valence-electron chi connectivity index (χ2n) is 7.53. The van der Waals surface area contributed by atoms with Gasteiger partial charge in [-0.2, -0.15) is 0 Å². The van der Waals surface area contributed by atoms with E-state index in [2.05, 4.69) is 68.9 Å². The Labute approximate surface area is 197 Å². The van der Waals surface area contributed by atoms with Crippen LogP contribution in [0.1, 0.15) is 36.1 Å². The number of carboxylic acid groups (broad SMARTS) is 1. The third-order valence-electron chi connectivity index (χ3n) is 5.21. The number of halogens is 1. The van der Waals surface area contributed by atoms with Crippen LogP contribution in [0.3, 0.4) is 0 Å². The Morgan fingerprint density at radius 3 is 2.19 bits per heavy atom. The molecule has 0 spiro atoms. The molecule has 0 radical (unpaired) electrons. The highest BCUT2D eigenvalue weighted by Crippen LogP contribution is 2.26. The lowest BCUT2D eigenvalue weighted by Crippen LogP contribution is -2.27. The van der Waals surface area contributed by atoms with Gasteiger partial charge in [-0.25, -0.2) is 14.8 Å². The van der Waals surface area contributed by atoms with Crippen LogP contribution in [0.15, 0.2) is 59.3 Å². The predicted molar refractivity (Wildman–Crippen MR) is 129 cm³/mol. The molecule has 0 fully saturated rings. The van der Waals surface area contributed by atoms with Crippen LogP contribution in [0.4, 0.5) is 5.95 Å². The molecule has 1 aromatic heterocycles. The minimum Gasteiger partial charge on any atom is -0.481 e. The first-order valence-corrected chi connectivity index (χ1v) is 11.5. The summed E-state index contributed by atoms with van der Waals surface area (Å²) in [6.07, 6.45) is 6.49. The number of carbonyl (C=O) groups is 1. The Kier molecular flexibility index (Phi) is 8.62. The number of aryl methyl sites for hydroxylation is 2. The van der Waals surface area contributed by atoms with E-state index in [0.717, 1.165) is 48.0 Å². The SMILES string of the molecule is CCc1ccc(CN(CCc2ccc(OCC(=O)O)c(Br)c2)c2ncc(CC)cn2)cc1. The van der Waals surface area contributed by atoms with E-state index in [1.165, 1.54) is 11.1 Å². The van der Waals surface area contributed by atoms with Crippen LogP contribution < -0.4 is 9.64 Å². The number of rotatable bonds is 11. The molecule has 0 aliphatic heterocycles. The second-order valence-corrected chi connectivity index (χ2v) is 8.39. The topological polar surface area (TPSA) is 75.5 Å². The first-order chi connectivity index (χ1) is 15.5. The smallest absolute Gasteiger partial charge is 0.341 e. The normalized spacial score (nSPS) is 10.7. The van der Waals surface area contributed by atoms with Gasteiger partial charge in [0.05, 0.1) is 4.47 Å². The number of anilines is 1. The largest absolute Gasteiger partial charge is 0.481 e. The number of carboxylic acids is 1. The van der Waals surface area contributed by atoms with Gasteiger partial charge in [-0.1, -0.05) is 44.2 Å². The maximum Gasteiger partial charge on any atom is 0.341 e. The molecule has 3 rings (SSSR count). The summed E-state index contributed by atoms with van der Waals surface area (Å²) in [6, 6.07) is 14.4. The maximum atomic E-state index is 10.7. The van der Waals surface area contributed by atoms with Crippen molar-refractivity contribution in [1.29, 1.82) is 0 Å². The molecule has 168 valence electrons. The average molecular weight is 498 g/mol. The van der Waals surface area contributed by atoms with Crippen LogP contribution in [0, 0.1) is 0 Å². The van der Waals surface area contributed by atoms with E-state index in [9.17, 15) is 4.79 Å². The summed E-state index contributed by atoms with van der Waals surface area (Å²) < 4.78 is 6.03. The van der Waals surface area contributed by atoms with E-state index in [0.29, 0.717) is 11.7 Å². The van der Waals surface area contributed by atoms with Gasteiger partial charge in [-0.05, 0) is 69.6 Å². The molecular formula is C25H28BrN3O3. The fourth-order valence-electron chi connectivity index (χ4n) is 3.26. The summed E-state index contributed by atoms with van der Waals surface area (Å²) in [5.41, 5.74) is 4.75. The molecule has 3 aromatic rings. The summed E-state index contributed by atoms with van der Waals surface area (Å²) >= 11 is 3.48. The molecule has 1 N–H and O–H groups in total. The van der Waals surface area contributed by atoms with E-state index >= 15 is 0 Å². The Morgan fingerprint density at radius 1 is 0.969 bits per heavy atom. The zero-order chi connectivity index (χ0) is 22.9. The third kappa shape index (κ3) is 6.79. The van der Waals surface area contributed by atoms with E-state index in [-0.39, 0.29) is 6.61 Å². The lowest BCUT2D eigenvalue weighted by Gasteiger charge is -2.23. The maximum absolute atomic E-state index is 10.7. The van der Waals surface area contributed by atoms with Gasteiger partial charge in [0.15, 0.2) is 6.61 Å². The van der Waals surface area contributed by atoms with Crippen molar-refractivity contribution in [2.45, 2.75) is 39.7 Å². The summed E-state index contributed by atoms with van der Waals surface area (Å²) in [5.74, 6) is 0.224. The molecule has 7 heteroatoms. The van der Waals surface area contributed by atoms with Crippen molar-refractivity contribution >= 4 is 27.8 Å². The molecule has 0 unspecified atom stereocenters. The molecule has 0 aliphatic rings. The molecular weight excluding hydrogens is 470 g/mol. The van der Waals surface area contributed by atoms with Gasteiger partial charge in [-0.15, -0.1) is 0 Å². The highest BCUT2D eigenvalue weighted by atomic mass is 79.9. The van der Waals surface area contributed by atoms with E-state index < -0.39 is 5.97 Å². The number of nitrogens with zero attached hydrogens (tertiary/aromatic N) is 3. The number of ether oxygens (including phenoxy) is 1. The predicted octanol–water partition coefficient (Wildman–Crippen LogP) is 5.08. The molecule has 0 saturated heterocycles.